The zero-order chi connectivity index (χ0) is 8.60. The Labute approximate surface area is 72.0 Å². The topological polar surface area (TPSA) is 51.8 Å². The number of nitrogens with zero attached hydrogens (tertiary/aromatic N) is 2. The minimum atomic E-state index is -0.216. The molecule has 1 fully saturated rings. The Bertz CT molecular complexity index is 292. The van der Waals surface area contributed by atoms with E-state index in [0.29, 0.717) is 0 Å². The second-order valence-corrected chi connectivity index (χ2v) is 3.53. The van der Waals surface area contributed by atoms with Gasteiger partial charge >= 0.3 is 0 Å². The number of aromatic nitrogens is 2. The van der Waals surface area contributed by atoms with Gasteiger partial charge in [-0.05, 0) is 32.3 Å². The highest BCUT2D eigenvalue weighted by molar-refractivity contribution is 5.12. The Balaban J connectivity index is 2.33. The molecule has 0 aliphatic heterocycles. The molecule has 1 aromatic heterocycles. The fourth-order valence-electron chi connectivity index (χ4n) is 1.47. The van der Waals surface area contributed by atoms with E-state index < -0.39 is 0 Å². The van der Waals surface area contributed by atoms with Gasteiger partial charge in [0.15, 0.2) is 0 Å². The number of hydrogen-bond donors (Lipinski definition) is 1. The van der Waals surface area contributed by atoms with Crippen molar-refractivity contribution >= 4 is 0 Å². The summed E-state index contributed by atoms with van der Waals surface area (Å²) in [5.74, 6) is 0.814. The number of rotatable bonds is 1. The molecule has 0 bridgehead atoms. The lowest BCUT2D eigenvalue weighted by Gasteiger charge is -2.36. The molecule has 0 amide bonds. The van der Waals surface area contributed by atoms with Crippen molar-refractivity contribution < 1.29 is 0 Å². The summed E-state index contributed by atoms with van der Waals surface area (Å²) in [5, 5.41) is 0. The van der Waals surface area contributed by atoms with Crippen LogP contribution in [0.3, 0.4) is 0 Å². The van der Waals surface area contributed by atoms with E-state index >= 15 is 0 Å². The van der Waals surface area contributed by atoms with Crippen LogP contribution in [0.4, 0.5) is 0 Å². The third-order valence-corrected chi connectivity index (χ3v) is 2.49. The smallest absolute Gasteiger partial charge is 0.148 e. The summed E-state index contributed by atoms with van der Waals surface area (Å²) in [6.07, 6.45) is 5.03. The van der Waals surface area contributed by atoms with Crippen LogP contribution in [0.25, 0.3) is 0 Å². The molecule has 1 aliphatic carbocycles. The molecule has 0 spiro atoms. The highest BCUT2D eigenvalue weighted by Gasteiger charge is 2.36. The van der Waals surface area contributed by atoms with E-state index in [-0.39, 0.29) is 5.54 Å². The average Bonchev–Trinajstić information content (AvgIpc) is 2.00. The van der Waals surface area contributed by atoms with Crippen molar-refractivity contribution in [3.8, 4) is 0 Å². The molecule has 0 aromatic carbocycles. The maximum Gasteiger partial charge on any atom is 0.148 e. The zero-order valence-electron chi connectivity index (χ0n) is 7.25. The fraction of sp³-hybridized carbons (Fsp3) is 0.556. The molecule has 1 aromatic rings. The predicted molar refractivity (Wildman–Crippen MR) is 46.5 cm³/mol. The summed E-state index contributed by atoms with van der Waals surface area (Å²) in [6.45, 7) is 1.97. The molecular formula is C9H13N3. The summed E-state index contributed by atoms with van der Waals surface area (Å²) in [6, 6.07) is 1.89. The zero-order valence-corrected chi connectivity index (χ0v) is 7.25. The first-order chi connectivity index (χ1) is 5.71. The molecule has 0 unspecified atom stereocenters. The van der Waals surface area contributed by atoms with Crippen LogP contribution in [0.1, 0.15) is 30.8 Å². The van der Waals surface area contributed by atoms with E-state index in [2.05, 4.69) is 9.97 Å². The van der Waals surface area contributed by atoms with Gasteiger partial charge in [0, 0.05) is 11.9 Å². The van der Waals surface area contributed by atoms with Crippen molar-refractivity contribution in [2.75, 3.05) is 0 Å². The predicted octanol–water partition coefficient (Wildman–Crippen LogP) is 1.12. The highest BCUT2D eigenvalue weighted by Crippen LogP contribution is 2.36. The molecule has 1 aliphatic rings. The van der Waals surface area contributed by atoms with Gasteiger partial charge in [-0.2, -0.15) is 0 Å². The van der Waals surface area contributed by atoms with Crippen molar-refractivity contribution in [2.45, 2.75) is 31.7 Å². The molecule has 3 heteroatoms. The van der Waals surface area contributed by atoms with E-state index in [4.69, 9.17) is 5.73 Å². The molecule has 1 heterocycles. The maximum absolute atomic E-state index is 6.07. The molecule has 0 radical (unpaired) electrons. The van der Waals surface area contributed by atoms with E-state index in [1.54, 1.807) is 6.20 Å². The molecule has 0 saturated heterocycles. The average molecular weight is 163 g/mol. The Hall–Kier alpha value is -0.960. The van der Waals surface area contributed by atoms with Gasteiger partial charge in [0.1, 0.15) is 5.82 Å². The monoisotopic (exact) mass is 163 g/mol. The van der Waals surface area contributed by atoms with Crippen molar-refractivity contribution in [2.24, 2.45) is 5.73 Å². The highest BCUT2D eigenvalue weighted by atomic mass is 15.0. The van der Waals surface area contributed by atoms with Crippen LogP contribution in [0.15, 0.2) is 12.3 Å². The molecule has 3 nitrogen and oxygen atoms in total. The van der Waals surface area contributed by atoms with Gasteiger partial charge in [0.2, 0.25) is 0 Å². The van der Waals surface area contributed by atoms with Crippen LogP contribution in [0.5, 0.6) is 0 Å². The van der Waals surface area contributed by atoms with Crippen LogP contribution in [0, 0.1) is 6.92 Å². The van der Waals surface area contributed by atoms with Gasteiger partial charge in [-0.15, -0.1) is 0 Å². The maximum atomic E-state index is 6.07. The summed E-state index contributed by atoms with van der Waals surface area (Å²) in [7, 11) is 0. The van der Waals surface area contributed by atoms with Crippen LogP contribution in [-0.4, -0.2) is 9.97 Å². The Morgan fingerprint density at radius 1 is 1.50 bits per heavy atom. The first-order valence-corrected chi connectivity index (χ1v) is 4.30. The Morgan fingerprint density at radius 3 is 2.75 bits per heavy atom. The molecule has 12 heavy (non-hydrogen) atoms. The molecular weight excluding hydrogens is 150 g/mol. The lowest BCUT2D eigenvalue weighted by Crippen LogP contribution is -2.44. The van der Waals surface area contributed by atoms with Crippen molar-refractivity contribution in [3.05, 3.63) is 23.8 Å². The van der Waals surface area contributed by atoms with Crippen molar-refractivity contribution in [3.63, 3.8) is 0 Å². The van der Waals surface area contributed by atoms with Gasteiger partial charge in [-0.3, -0.25) is 0 Å². The minimum absolute atomic E-state index is 0.216. The van der Waals surface area contributed by atoms with Crippen LogP contribution in [0.2, 0.25) is 0 Å². The number of hydrogen-bond acceptors (Lipinski definition) is 3. The molecule has 0 atom stereocenters. The number of aryl methyl sites for hydroxylation is 1. The van der Waals surface area contributed by atoms with E-state index in [1.165, 1.54) is 6.42 Å². The van der Waals surface area contributed by atoms with Gasteiger partial charge in [-0.1, -0.05) is 0 Å². The normalized spacial score (nSPS) is 20.2. The third-order valence-electron chi connectivity index (χ3n) is 2.49. The molecule has 2 rings (SSSR count). The van der Waals surface area contributed by atoms with Crippen LogP contribution >= 0.6 is 0 Å². The summed E-state index contributed by atoms with van der Waals surface area (Å²) < 4.78 is 0. The lowest BCUT2D eigenvalue weighted by molar-refractivity contribution is 0.238. The third kappa shape index (κ3) is 1.10. The Morgan fingerprint density at radius 2 is 2.25 bits per heavy atom. The first kappa shape index (κ1) is 7.68. The molecule has 2 N–H and O–H groups in total. The quantitative estimate of drug-likeness (QED) is 0.675. The first-order valence-electron chi connectivity index (χ1n) is 4.30. The van der Waals surface area contributed by atoms with Gasteiger partial charge in [0.05, 0.1) is 5.54 Å². The fourth-order valence-corrected chi connectivity index (χ4v) is 1.47. The standard InChI is InChI=1S/C9H13N3/c1-7-3-6-11-8(12-7)9(10)4-2-5-9/h3,6H,2,4-5,10H2,1H3. The lowest BCUT2D eigenvalue weighted by atomic mass is 9.77. The summed E-state index contributed by atoms with van der Waals surface area (Å²) in [4.78, 5) is 8.53. The minimum Gasteiger partial charge on any atom is -0.319 e. The second kappa shape index (κ2) is 2.52. The summed E-state index contributed by atoms with van der Waals surface area (Å²) >= 11 is 0. The largest absolute Gasteiger partial charge is 0.319 e. The molecule has 64 valence electrons. The van der Waals surface area contributed by atoms with Gasteiger partial charge < -0.3 is 5.73 Å². The second-order valence-electron chi connectivity index (χ2n) is 3.53. The number of nitrogens with two attached hydrogens (primary N) is 1. The molecule has 1 saturated carbocycles. The van der Waals surface area contributed by atoms with Crippen molar-refractivity contribution in [1.29, 1.82) is 0 Å². The summed E-state index contributed by atoms with van der Waals surface area (Å²) in [5.41, 5.74) is 6.85. The van der Waals surface area contributed by atoms with Crippen LogP contribution < -0.4 is 5.73 Å². The van der Waals surface area contributed by atoms with E-state index in [1.807, 2.05) is 13.0 Å². The van der Waals surface area contributed by atoms with Gasteiger partial charge in [0.25, 0.3) is 0 Å². The Kier molecular flexibility index (Phi) is 1.61. The SMILES string of the molecule is Cc1ccnc(C2(N)CCC2)n1. The van der Waals surface area contributed by atoms with Gasteiger partial charge in [-0.25, -0.2) is 9.97 Å². The van der Waals surface area contributed by atoms with Crippen molar-refractivity contribution in [1.82, 2.24) is 9.97 Å². The van der Waals surface area contributed by atoms with Crippen LogP contribution in [-0.2, 0) is 5.54 Å². The van der Waals surface area contributed by atoms with E-state index in [9.17, 15) is 0 Å². The van der Waals surface area contributed by atoms with E-state index in [0.717, 1.165) is 24.4 Å².